The largest absolute Gasteiger partial charge is 0.508 e. The Labute approximate surface area is 199 Å². The van der Waals surface area contributed by atoms with Crippen LogP contribution in [-0.4, -0.2) is 48.4 Å². The predicted molar refractivity (Wildman–Crippen MR) is 130 cm³/mol. The van der Waals surface area contributed by atoms with Crippen LogP contribution in [0.15, 0.2) is 42.5 Å². The van der Waals surface area contributed by atoms with Crippen LogP contribution in [0.1, 0.15) is 50.4 Å². The maximum Gasteiger partial charge on any atom is 0.408 e. The summed E-state index contributed by atoms with van der Waals surface area (Å²) in [4.78, 5) is 37.6. The Kier molecular flexibility index (Phi) is 9.44. The van der Waals surface area contributed by atoms with Crippen LogP contribution in [0.4, 0.5) is 10.5 Å². The highest BCUT2D eigenvalue weighted by atomic mass is 16.6. The van der Waals surface area contributed by atoms with Crippen molar-refractivity contribution in [1.29, 1.82) is 0 Å². The molecule has 9 heteroatoms. The number of benzene rings is 2. The van der Waals surface area contributed by atoms with E-state index in [0.717, 1.165) is 0 Å². The molecule has 2 rings (SSSR count). The Morgan fingerprint density at radius 2 is 1.82 bits per heavy atom. The number of phenolic OH excluding ortho intramolecular Hbond substituents is 1. The number of amides is 2. The lowest BCUT2D eigenvalue weighted by molar-refractivity contribution is -0.118. The van der Waals surface area contributed by atoms with Crippen molar-refractivity contribution in [3.05, 3.63) is 48.0 Å². The van der Waals surface area contributed by atoms with Crippen molar-refractivity contribution in [2.24, 2.45) is 5.73 Å². The molecular weight excluding hydrogens is 438 g/mol. The first kappa shape index (κ1) is 26.7. The van der Waals surface area contributed by atoms with E-state index >= 15 is 0 Å². The van der Waals surface area contributed by atoms with Crippen LogP contribution in [0.2, 0.25) is 0 Å². The zero-order chi connectivity index (χ0) is 25.3. The fraction of sp³-hybridized carbons (Fsp3) is 0.400. The fourth-order valence-electron chi connectivity index (χ4n) is 3.26. The van der Waals surface area contributed by atoms with Gasteiger partial charge in [-0.3, -0.25) is 4.79 Å². The number of alkyl carbamates (subject to hydrolysis) is 1. The normalized spacial score (nSPS) is 11.9. The van der Waals surface area contributed by atoms with E-state index in [9.17, 15) is 19.5 Å². The minimum Gasteiger partial charge on any atom is -0.508 e. The van der Waals surface area contributed by atoms with Crippen LogP contribution >= 0.6 is 0 Å². The molecule has 1 unspecified atom stereocenters. The Bertz CT molecular complexity index is 1020. The van der Waals surface area contributed by atoms with Crippen molar-refractivity contribution in [2.75, 3.05) is 19.0 Å². The van der Waals surface area contributed by atoms with Crippen molar-refractivity contribution in [2.45, 2.75) is 51.7 Å². The van der Waals surface area contributed by atoms with Gasteiger partial charge >= 0.3 is 12.1 Å². The summed E-state index contributed by atoms with van der Waals surface area (Å²) in [7, 11) is 1.28. The topological polar surface area (TPSA) is 140 Å². The zero-order valence-corrected chi connectivity index (χ0v) is 20.0. The first-order valence-electron chi connectivity index (χ1n) is 11.1. The molecule has 0 saturated carbocycles. The van der Waals surface area contributed by atoms with E-state index in [1.807, 2.05) is 0 Å². The summed E-state index contributed by atoms with van der Waals surface area (Å²) in [5.41, 5.74) is 6.59. The number of methoxy groups -OCH3 is 1. The lowest BCUT2D eigenvalue weighted by atomic mass is 9.98. The molecule has 9 nitrogen and oxygen atoms in total. The highest BCUT2D eigenvalue weighted by molar-refractivity contribution is 6.01. The van der Waals surface area contributed by atoms with Crippen LogP contribution in [0, 0.1) is 0 Å². The van der Waals surface area contributed by atoms with Gasteiger partial charge in [0.05, 0.1) is 12.7 Å². The molecule has 5 N–H and O–H groups in total. The molecule has 0 heterocycles. The Morgan fingerprint density at radius 3 is 2.44 bits per heavy atom. The number of esters is 1. The lowest BCUT2D eigenvalue weighted by Gasteiger charge is -2.23. The van der Waals surface area contributed by atoms with Gasteiger partial charge in [-0.25, -0.2) is 9.59 Å². The van der Waals surface area contributed by atoms with Crippen molar-refractivity contribution in [1.82, 2.24) is 5.32 Å². The highest BCUT2D eigenvalue weighted by Gasteiger charge is 2.25. The van der Waals surface area contributed by atoms with Gasteiger partial charge in [-0.2, -0.15) is 0 Å². The molecule has 1 atom stereocenters. The summed E-state index contributed by atoms with van der Waals surface area (Å²) in [6.07, 6.45) is 1.03. The number of unbranched alkanes of at least 4 members (excludes halogenated alkanes) is 1. The standard InChI is InChI=1S/C25H33N3O6/c1-25(2,3)34-24(32)28-21(10-5-6-13-26)22(30)27-17-11-12-19(23(31)33-4)20(15-17)16-8-7-9-18(29)14-16/h7-9,11-12,14-15,21,29H,5-6,10,13,26H2,1-4H3,(H,27,30)(H,28,32). The molecular formula is C25H33N3O6. The molecule has 0 spiro atoms. The summed E-state index contributed by atoms with van der Waals surface area (Å²) >= 11 is 0. The molecule has 2 aromatic rings. The molecule has 2 aromatic carbocycles. The summed E-state index contributed by atoms with van der Waals surface area (Å²) < 4.78 is 10.2. The molecule has 184 valence electrons. The zero-order valence-electron chi connectivity index (χ0n) is 20.0. The number of nitrogens with two attached hydrogens (primary N) is 1. The summed E-state index contributed by atoms with van der Waals surface area (Å²) in [6, 6.07) is 10.3. The van der Waals surface area contributed by atoms with Gasteiger partial charge < -0.3 is 30.9 Å². The third-order valence-electron chi connectivity index (χ3n) is 4.80. The number of phenols is 1. The number of nitrogens with one attached hydrogen (secondary N) is 2. The number of aromatic hydroxyl groups is 1. The van der Waals surface area contributed by atoms with E-state index in [1.165, 1.54) is 25.3 Å². The van der Waals surface area contributed by atoms with E-state index < -0.39 is 29.6 Å². The number of hydrogen-bond donors (Lipinski definition) is 4. The average Bonchev–Trinajstić information content (AvgIpc) is 2.76. The Morgan fingerprint density at radius 1 is 1.09 bits per heavy atom. The second-order valence-corrected chi connectivity index (χ2v) is 8.77. The van der Waals surface area contributed by atoms with Gasteiger partial charge in [-0.15, -0.1) is 0 Å². The van der Waals surface area contributed by atoms with Gasteiger partial charge in [-0.05, 0) is 88.0 Å². The number of hydrogen-bond acceptors (Lipinski definition) is 7. The van der Waals surface area contributed by atoms with Gasteiger partial charge in [0.1, 0.15) is 17.4 Å². The van der Waals surface area contributed by atoms with Gasteiger partial charge in [0.2, 0.25) is 5.91 Å². The van der Waals surface area contributed by atoms with E-state index in [-0.39, 0.29) is 11.3 Å². The van der Waals surface area contributed by atoms with Crippen molar-refractivity contribution in [3.8, 4) is 16.9 Å². The van der Waals surface area contributed by atoms with Crippen LogP contribution in [0.25, 0.3) is 11.1 Å². The molecule has 0 aliphatic heterocycles. The summed E-state index contributed by atoms with van der Waals surface area (Å²) in [5.74, 6) is -0.956. The van der Waals surface area contributed by atoms with Crippen LogP contribution in [-0.2, 0) is 14.3 Å². The molecule has 0 aromatic heterocycles. The average molecular weight is 472 g/mol. The predicted octanol–water partition coefficient (Wildman–Crippen LogP) is 3.81. The number of carbonyl (C=O) groups is 3. The molecule has 34 heavy (non-hydrogen) atoms. The summed E-state index contributed by atoms with van der Waals surface area (Å²) in [6.45, 7) is 5.69. The third kappa shape index (κ3) is 8.08. The monoisotopic (exact) mass is 471 g/mol. The van der Waals surface area contributed by atoms with E-state index in [1.54, 1.807) is 45.0 Å². The van der Waals surface area contributed by atoms with Gasteiger partial charge in [0.15, 0.2) is 0 Å². The number of carbonyl (C=O) groups excluding carboxylic acids is 3. The second-order valence-electron chi connectivity index (χ2n) is 8.77. The van der Waals surface area contributed by atoms with Gasteiger partial charge in [0, 0.05) is 5.69 Å². The molecule has 2 amide bonds. The van der Waals surface area contributed by atoms with Gasteiger partial charge in [0.25, 0.3) is 0 Å². The van der Waals surface area contributed by atoms with Gasteiger partial charge in [-0.1, -0.05) is 12.1 Å². The molecule has 0 radical (unpaired) electrons. The number of anilines is 1. The molecule has 0 bridgehead atoms. The Balaban J connectivity index is 2.30. The SMILES string of the molecule is COC(=O)c1ccc(NC(=O)C(CCCCN)NC(=O)OC(C)(C)C)cc1-c1cccc(O)c1. The first-order valence-corrected chi connectivity index (χ1v) is 11.1. The lowest BCUT2D eigenvalue weighted by Crippen LogP contribution is -2.45. The van der Waals surface area contributed by atoms with Crippen LogP contribution in [0.3, 0.4) is 0 Å². The first-order chi connectivity index (χ1) is 16.0. The smallest absolute Gasteiger partial charge is 0.408 e. The van der Waals surface area contributed by atoms with Crippen molar-refractivity contribution in [3.63, 3.8) is 0 Å². The van der Waals surface area contributed by atoms with Crippen molar-refractivity contribution >= 4 is 23.7 Å². The van der Waals surface area contributed by atoms with Crippen LogP contribution in [0.5, 0.6) is 5.75 Å². The highest BCUT2D eigenvalue weighted by Crippen LogP contribution is 2.30. The number of rotatable bonds is 9. The van der Waals surface area contributed by atoms with E-state index in [4.69, 9.17) is 15.2 Å². The fourth-order valence-corrected chi connectivity index (χ4v) is 3.26. The molecule has 0 aliphatic carbocycles. The maximum atomic E-state index is 13.0. The minimum atomic E-state index is -0.842. The quantitative estimate of drug-likeness (QED) is 0.322. The van der Waals surface area contributed by atoms with E-state index in [0.29, 0.717) is 42.6 Å². The molecule has 0 saturated heterocycles. The molecule has 0 aliphatic rings. The Hall–Kier alpha value is -3.59. The van der Waals surface area contributed by atoms with Crippen molar-refractivity contribution < 1.29 is 29.0 Å². The second kappa shape index (κ2) is 12.0. The third-order valence-corrected chi connectivity index (χ3v) is 4.80. The maximum absolute atomic E-state index is 13.0. The number of ether oxygens (including phenoxy) is 2. The van der Waals surface area contributed by atoms with Crippen LogP contribution < -0.4 is 16.4 Å². The molecule has 0 fully saturated rings. The summed E-state index contributed by atoms with van der Waals surface area (Å²) in [5, 5.41) is 15.3. The van der Waals surface area contributed by atoms with E-state index in [2.05, 4.69) is 10.6 Å². The minimum absolute atomic E-state index is 0.0317.